The largest absolute Gasteiger partial charge is 0.379 e. The minimum absolute atomic E-state index is 0.139. The maximum Gasteiger partial charge on any atom is 0.246 e. The SMILES string of the molecule is CC(C)COCCN1C(=O)CCC(N)C1=O. The Morgan fingerprint density at radius 1 is 1.50 bits per heavy atom. The summed E-state index contributed by atoms with van der Waals surface area (Å²) in [6.45, 7) is 5.45. The first kappa shape index (κ1) is 13.1. The molecule has 5 heteroatoms. The molecule has 0 aromatic heterocycles. The summed E-state index contributed by atoms with van der Waals surface area (Å²) in [7, 11) is 0. The van der Waals surface area contributed by atoms with Gasteiger partial charge in [-0.1, -0.05) is 13.8 Å². The summed E-state index contributed by atoms with van der Waals surface area (Å²) in [5.74, 6) is 0.0410. The molecule has 92 valence electrons. The zero-order valence-corrected chi connectivity index (χ0v) is 9.94. The number of ether oxygens (including phenoxy) is 1. The van der Waals surface area contributed by atoms with Gasteiger partial charge in [-0.05, 0) is 12.3 Å². The number of likely N-dealkylation sites (tertiary alicyclic amines) is 1. The first-order valence-corrected chi connectivity index (χ1v) is 5.70. The van der Waals surface area contributed by atoms with Gasteiger partial charge >= 0.3 is 0 Å². The number of hydrogen-bond acceptors (Lipinski definition) is 4. The Hall–Kier alpha value is -0.940. The van der Waals surface area contributed by atoms with Crippen molar-refractivity contribution in [1.29, 1.82) is 0 Å². The van der Waals surface area contributed by atoms with Crippen LogP contribution in [0.15, 0.2) is 0 Å². The molecule has 1 saturated heterocycles. The standard InChI is InChI=1S/C11H20N2O3/c1-8(2)7-16-6-5-13-10(14)4-3-9(12)11(13)15/h8-9H,3-7,12H2,1-2H3. The van der Waals surface area contributed by atoms with E-state index in [9.17, 15) is 9.59 Å². The highest BCUT2D eigenvalue weighted by Gasteiger charge is 2.31. The van der Waals surface area contributed by atoms with Gasteiger partial charge in [-0.3, -0.25) is 14.5 Å². The van der Waals surface area contributed by atoms with Gasteiger partial charge in [0.2, 0.25) is 11.8 Å². The van der Waals surface area contributed by atoms with E-state index in [0.29, 0.717) is 38.5 Å². The molecule has 1 fully saturated rings. The Morgan fingerprint density at radius 2 is 2.19 bits per heavy atom. The normalized spacial score (nSPS) is 22.0. The van der Waals surface area contributed by atoms with E-state index in [4.69, 9.17) is 10.5 Å². The van der Waals surface area contributed by atoms with Crippen molar-refractivity contribution >= 4 is 11.8 Å². The fraction of sp³-hybridized carbons (Fsp3) is 0.818. The van der Waals surface area contributed by atoms with Gasteiger partial charge in [0.1, 0.15) is 0 Å². The van der Waals surface area contributed by atoms with Crippen molar-refractivity contribution in [1.82, 2.24) is 4.90 Å². The van der Waals surface area contributed by atoms with Crippen molar-refractivity contribution in [3.63, 3.8) is 0 Å². The fourth-order valence-corrected chi connectivity index (χ4v) is 1.57. The smallest absolute Gasteiger partial charge is 0.246 e. The van der Waals surface area contributed by atoms with Crippen LogP contribution in [0, 0.1) is 5.92 Å². The number of carbonyl (C=O) groups excluding carboxylic acids is 2. The highest BCUT2D eigenvalue weighted by atomic mass is 16.5. The Morgan fingerprint density at radius 3 is 2.81 bits per heavy atom. The first-order chi connectivity index (χ1) is 7.52. The molecule has 5 nitrogen and oxygen atoms in total. The number of hydrogen-bond donors (Lipinski definition) is 1. The Bertz CT molecular complexity index is 266. The summed E-state index contributed by atoms with van der Waals surface area (Å²) >= 11 is 0. The van der Waals surface area contributed by atoms with Crippen molar-refractivity contribution in [2.24, 2.45) is 11.7 Å². The van der Waals surface area contributed by atoms with Crippen molar-refractivity contribution in [3.8, 4) is 0 Å². The van der Waals surface area contributed by atoms with Crippen LogP contribution in [-0.2, 0) is 14.3 Å². The highest BCUT2D eigenvalue weighted by molar-refractivity contribution is 6.00. The molecule has 0 spiro atoms. The number of piperidine rings is 1. The van der Waals surface area contributed by atoms with E-state index in [2.05, 4.69) is 0 Å². The van der Waals surface area contributed by atoms with Gasteiger partial charge in [0.25, 0.3) is 0 Å². The van der Waals surface area contributed by atoms with Crippen molar-refractivity contribution < 1.29 is 14.3 Å². The lowest BCUT2D eigenvalue weighted by molar-refractivity contribution is -0.150. The van der Waals surface area contributed by atoms with E-state index < -0.39 is 6.04 Å². The summed E-state index contributed by atoms with van der Waals surface area (Å²) in [5, 5.41) is 0. The summed E-state index contributed by atoms with van der Waals surface area (Å²) in [5.41, 5.74) is 5.60. The second kappa shape index (κ2) is 5.96. The van der Waals surface area contributed by atoms with Crippen LogP contribution in [0.5, 0.6) is 0 Å². The van der Waals surface area contributed by atoms with Crippen LogP contribution in [0.1, 0.15) is 26.7 Å². The topological polar surface area (TPSA) is 72.6 Å². The van der Waals surface area contributed by atoms with Crippen LogP contribution in [0.3, 0.4) is 0 Å². The lowest BCUT2D eigenvalue weighted by atomic mass is 10.1. The van der Waals surface area contributed by atoms with Crippen molar-refractivity contribution in [2.75, 3.05) is 19.8 Å². The number of amides is 2. The van der Waals surface area contributed by atoms with Gasteiger partial charge in [0.15, 0.2) is 0 Å². The van der Waals surface area contributed by atoms with Crippen LogP contribution in [0.25, 0.3) is 0 Å². The number of nitrogens with zero attached hydrogens (tertiary/aromatic N) is 1. The summed E-state index contributed by atoms with van der Waals surface area (Å²) in [4.78, 5) is 24.3. The molecule has 1 rings (SSSR count). The molecule has 0 bridgehead atoms. The van der Waals surface area contributed by atoms with E-state index in [1.54, 1.807) is 0 Å². The van der Waals surface area contributed by atoms with Crippen molar-refractivity contribution in [3.05, 3.63) is 0 Å². The number of carbonyl (C=O) groups is 2. The van der Waals surface area contributed by atoms with Crippen LogP contribution in [-0.4, -0.2) is 42.5 Å². The molecule has 1 atom stereocenters. The minimum Gasteiger partial charge on any atom is -0.379 e. The fourth-order valence-electron chi connectivity index (χ4n) is 1.57. The molecule has 0 aliphatic carbocycles. The molecule has 0 radical (unpaired) electrons. The molecule has 16 heavy (non-hydrogen) atoms. The first-order valence-electron chi connectivity index (χ1n) is 5.70. The second-order valence-electron chi connectivity index (χ2n) is 4.50. The zero-order chi connectivity index (χ0) is 12.1. The lowest BCUT2D eigenvalue weighted by Crippen LogP contribution is -2.52. The van der Waals surface area contributed by atoms with E-state index >= 15 is 0 Å². The monoisotopic (exact) mass is 228 g/mol. The third kappa shape index (κ3) is 3.57. The molecule has 0 aromatic carbocycles. The van der Waals surface area contributed by atoms with Crippen LogP contribution in [0.2, 0.25) is 0 Å². The molecule has 1 aliphatic heterocycles. The van der Waals surface area contributed by atoms with Crippen molar-refractivity contribution in [2.45, 2.75) is 32.7 Å². The molecule has 2 N–H and O–H groups in total. The van der Waals surface area contributed by atoms with E-state index in [1.165, 1.54) is 4.90 Å². The number of rotatable bonds is 5. The maximum absolute atomic E-state index is 11.6. The van der Waals surface area contributed by atoms with Gasteiger partial charge < -0.3 is 10.5 Å². The Labute approximate surface area is 95.9 Å². The van der Waals surface area contributed by atoms with E-state index in [1.807, 2.05) is 13.8 Å². The molecule has 0 aromatic rings. The minimum atomic E-state index is -0.525. The predicted molar refractivity (Wildman–Crippen MR) is 59.6 cm³/mol. The van der Waals surface area contributed by atoms with Gasteiger partial charge in [-0.2, -0.15) is 0 Å². The maximum atomic E-state index is 11.6. The van der Waals surface area contributed by atoms with Gasteiger partial charge in [0.05, 0.1) is 19.2 Å². The molecule has 1 heterocycles. The van der Waals surface area contributed by atoms with Gasteiger partial charge in [0, 0.05) is 13.0 Å². The highest BCUT2D eigenvalue weighted by Crippen LogP contribution is 2.11. The summed E-state index contributed by atoms with van der Waals surface area (Å²) < 4.78 is 5.34. The van der Waals surface area contributed by atoms with Crippen LogP contribution in [0.4, 0.5) is 0 Å². The predicted octanol–water partition coefficient (Wildman–Crippen LogP) is 0.135. The summed E-state index contributed by atoms with van der Waals surface area (Å²) in [6, 6.07) is -0.525. The average Bonchev–Trinajstić information content (AvgIpc) is 2.22. The average molecular weight is 228 g/mol. The third-order valence-electron chi connectivity index (χ3n) is 2.46. The van der Waals surface area contributed by atoms with Crippen LogP contribution < -0.4 is 5.73 Å². The van der Waals surface area contributed by atoms with Crippen LogP contribution >= 0.6 is 0 Å². The van der Waals surface area contributed by atoms with E-state index in [0.717, 1.165) is 0 Å². The second-order valence-corrected chi connectivity index (χ2v) is 4.50. The number of nitrogens with two attached hydrogens (primary N) is 1. The molecular formula is C11H20N2O3. The molecule has 1 aliphatic rings. The lowest BCUT2D eigenvalue weighted by Gasteiger charge is -2.28. The van der Waals surface area contributed by atoms with Gasteiger partial charge in [-0.25, -0.2) is 0 Å². The Balaban J connectivity index is 2.33. The third-order valence-corrected chi connectivity index (χ3v) is 2.46. The molecule has 1 unspecified atom stereocenters. The Kier molecular flexibility index (Phi) is 4.89. The molecule has 2 amide bonds. The van der Waals surface area contributed by atoms with E-state index in [-0.39, 0.29) is 11.8 Å². The molecule has 0 saturated carbocycles. The van der Waals surface area contributed by atoms with Gasteiger partial charge in [-0.15, -0.1) is 0 Å². The summed E-state index contributed by atoms with van der Waals surface area (Å²) in [6.07, 6.45) is 0.818. The quantitative estimate of drug-likeness (QED) is 0.536. The zero-order valence-electron chi connectivity index (χ0n) is 9.94. The molecular weight excluding hydrogens is 208 g/mol. The number of imide groups is 1.